The number of carbonyl (C=O) groups excluding carboxylic acids is 1. The number of hydrogen-bond donors (Lipinski definition) is 1. The summed E-state index contributed by atoms with van der Waals surface area (Å²) in [6.45, 7) is 4.32. The maximum atomic E-state index is 11.7. The van der Waals surface area contributed by atoms with Crippen molar-refractivity contribution in [3.05, 3.63) is 36.5 Å². The fraction of sp³-hybridized carbons (Fsp3) is 0.421. The monoisotopic (exact) mass is 357 g/mol. The summed E-state index contributed by atoms with van der Waals surface area (Å²) in [7, 11) is 3.00. The molecular weight excluding hydrogens is 334 g/mol. The largest absolute Gasteiger partial charge is 0.497 e. The molecule has 3 rings (SSSR count). The number of methoxy groups -OCH3 is 2. The second kappa shape index (κ2) is 8.14. The zero-order chi connectivity index (χ0) is 18.5. The minimum absolute atomic E-state index is 0.168. The molecule has 0 amide bonds. The van der Waals surface area contributed by atoms with Gasteiger partial charge in [-0.2, -0.15) is 0 Å². The summed E-state index contributed by atoms with van der Waals surface area (Å²) in [4.78, 5) is 21.0. The lowest BCUT2D eigenvalue weighted by Gasteiger charge is -2.15. The summed E-state index contributed by atoms with van der Waals surface area (Å²) in [5.41, 5.74) is 2.27. The number of aryl methyl sites for hydroxylation is 1. The molecule has 2 atom stereocenters. The number of ether oxygens (including phenoxy) is 3. The molecule has 1 saturated heterocycles. The fourth-order valence-electron chi connectivity index (χ4n) is 2.95. The Balaban J connectivity index is 1.86. The van der Waals surface area contributed by atoms with Gasteiger partial charge in [-0.25, -0.2) is 9.97 Å². The molecule has 7 nitrogen and oxygen atoms in total. The van der Waals surface area contributed by atoms with Gasteiger partial charge in [0.2, 0.25) is 5.88 Å². The third-order valence-electron chi connectivity index (χ3n) is 4.35. The lowest BCUT2D eigenvalue weighted by Crippen LogP contribution is -2.31. The topological polar surface area (TPSA) is 82.6 Å². The number of esters is 1. The van der Waals surface area contributed by atoms with Crippen LogP contribution in [0.5, 0.6) is 11.6 Å². The molecule has 2 aromatic rings. The number of fused-ring (bicyclic) bond motifs is 1. The molecule has 0 bridgehead atoms. The molecule has 1 unspecified atom stereocenters. The van der Waals surface area contributed by atoms with Crippen molar-refractivity contribution < 1.29 is 19.0 Å². The smallest absolute Gasteiger partial charge is 0.323 e. The molecule has 0 spiro atoms. The highest BCUT2D eigenvalue weighted by molar-refractivity contribution is 5.77. The van der Waals surface area contributed by atoms with Crippen LogP contribution in [0.4, 0.5) is 0 Å². The van der Waals surface area contributed by atoms with Gasteiger partial charge in [-0.15, -0.1) is 6.58 Å². The molecule has 0 saturated carbocycles. The van der Waals surface area contributed by atoms with Gasteiger partial charge >= 0.3 is 5.97 Å². The van der Waals surface area contributed by atoms with Crippen LogP contribution >= 0.6 is 0 Å². The summed E-state index contributed by atoms with van der Waals surface area (Å²) in [6.07, 6.45) is 3.67. The first-order valence-electron chi connectivity index (χ1n) is 8.58. The predicted molar refractivity (Wildman–Crippen MR) is 97.4 cm³/mol. The second-order valence-electron chi connectivity index (χ2n) is 6.12. The Labute approximate surface area is 152 Å². The summed E-state index contributed by atoms with van der Waals surface area (Å²) in [5.74, 6) is 0.923. The van der Waals surface area contributed by atoms with Gasteiger partial charge in [-0.3, -0.25) is 4.79 Å². The number of carbonyl (C=O) groups is 1. The number of rotatable bonds is 7. The highest BCUT2D eigenvalue weighted by Gasteiger charge is 2.32. The molecule has 1 fully saturated rings. The molecule has 1 N–H and O–H groups in total. The van der Waals surface area contributed by atoms with Crippen LogP contribution in [0.1, 0.15) is 18.5 Å². The summed E-state index contributed by atoms with van der Waals surface area (Å²) in [5, 5.41) is 3.11. The lowest BCUT2D eigenvalue weighted by atomic mass is 10.2. The minimum atomic E-state index is -0.352. The third-order valence-corrected chi connectivity index (χ3v) is 4.35. The molecule has 1 aliphatic heterocycles. The molecule has 0 aliphatic carbocycles. The summed E-state index contributed by atoms with van der Waals surface area (Å²) < 4.78 is 16.1. The van der Waals surface area contributed by atoms with Crippen LogP contribution in [-0.2, 0) is 16.0 Å². The van der Waals surface area contributed by atoms with Crippen molar-refractivity contribution in [1.82, 2.24) is 15.3 Å². The minimum Gasteiger partial charge on any atom is -0.497 e. The zero-order valence-electron chi connectivity index (χ0n) is 15.0. The first-order valence-corrected chi connectivity index (χ1v) is 8.58. The molecule has 0 radical (unpaired) electrons. The van der Waals surface area contributed by atoms with Crippen LogP contribution in [0.25, 0.3) is 11.0 Å². The van der Waals surface area contributed by atoms with Gasteiger partial charge in [0.25, 0.3) is 0 Å². The van der Waals surface area contributed by atoms with E-state index in [4.69, 9.17) is 19.2 Å². The van der Waals surface area contributed by atoms with Gasteiger partial charge < -0.3 is 19.5 Å². The van der Waals surface area contributed by atoms with Crippen LogP contribution in [0.3, 0.4) is 0 Å². The van der Waals surface area contributed by atoms with E-state index in [9.17, 15) is 4.79 Å². The van der Waals surface area contributed by atoms with E-state index >= 15 is 0 Å². The Hall–Kier alpha value is -2.67. The standard InChI is InChI=1S/C19H23N3O4/c1-4-5-6-15-18(26-13-10-17(20-11-13)19(23)25-3)22-16-9-12(24-2)7-8-14(16)21-15/h4,7-9,13,17,20H,1,5-6,10-11H2,2-3H3/t13?,17-/m0/s1. The van der Waals surface area contributed by atoms with E-state index in [0.29, 0.717) is 36.5 Å². The number of benzene rings is 1. The fourth-order valence-corrected chi connectivity index (χ4v) is 2.95. The van der Waals surface area contributed by atoms with Crippen LogP contribution in [-0.4, -0.2) is 48.8 Å². The molecule has 1 aliphatic rings. The van der Waals surface area contributed by atoms with Crippen molar-refractivity contribution in [2.75, 3.05) is 20.8 Å². The number of hydrogen-bond acceptors (Lipinski definition) is 7. The average Bonchev–Trinajstić information content (AvgIpc) is 3.13. The number of aromatic nitrogens is 2. The van der Waals surface area contributed by atoms with Crippen molar-refractivity contribution in [2.45, 2.75) is 31.4 Å². The van der Waals surface area contributed by atoms with Gasteiger partial charge in [0.05, 0.1) is 25.3 Å². The Morgan fingerprint density at radius 2 is 2.19 bits per heavy atom. The molecule has 2 heterocycles. The lowest BCUT2D eigenvalue weighted by molar-refractivity contribution is -0.142. The SMILES string of the molecule is C=CCCc1nc2ccc(OC)cc2nc1OC1CN[C@H](C(=O)OC)C1. The van der Waals surface area contributed by atoms with E-state index in [0.717, 1.165) is 17.6 Å². The Morgan fingerprint density at radius 1 is 1.35 bits per heavy atom. The van der Waals surface area contributed by atoms with E-state index in [1.54, 1.807) is 7.11 Å². The maximum absolute atomic E-state index is 11.7. The molecule has 7 heteroatoms. The van der Waals surface area contributed by atoms with Crippen molar-refractivity contribution in [3.8, 4) is 11.6 Å². The van der Waals surface area contributed by atoms with Crippen molar-refractivity contribution >= 4 is 17.0 Å². The molecule has 26 heavy (non-hydrogen) atoms. The summed E-state index contributed by atoms with van der Waals surface area (Å²) >= 11 is 0. The van der Waals surface area contributed by atoms with Gasteiger partial charge in [0, 0.05) is 19.0 Å². The van der Waals surface area contributed by atoms with E-state index in [-0.39, 0.29) is 18.1 Å². The third kappa shape index (κ3) is 3.94. The van der Waals surface area contributed by atoms with Crippen molar-refractivity contribution in [3.63, 3.8) is 0 Å². The van der Waals surface area contributed by atoms with Crippen molar-refractivity contribution in [1.29, 1.82) is 0 Å². The molecular formula is C19H23N3O4. The molecule has 1 aromatic carbocycles. The van der Waals surface area contributed by atoms with Gasteiger partial charge in [0.1, 0.15) is 23.6 Å². The highest BCUT2D eigenvalue weighted by atomic mass is 16.5. The number of nitrogens with zero attached hydrogens (tertiary/aromatic N) is 2. The van der Waals surface area contributed by atoms with Crippen LogP contribution in [0.15, 0.2) is 30.9 Å². The Morgan fingerprint density at radius 3 is 2.92 bits per heavy atom. The van der Waals surface area contributed by atoms with E-state index < -0.39 is 0 Å². The van der Waals surface area contributed by atoms with Crippen LogP contribution < -0.4 is 14.8 Å². The average molecular weight is 357 g/mol. The first kappa shape index (κ1) is 18.1. The normalized spacial score (nSPS) is 19.3. The zero-order valence-corrected chi connectivity index (χ0v) is 15.0. The summed E-state index contributed by atoms with van der Waals surface area (Å²) in [6, 6.07) is 5.22. The quantitative estimate of drug-likeness (QED) is 0.600. The van der Waals surface area contributed by atoms with Crippen molar-refractivity contribution in [2.24, 2.45) is 0 Å². The molecule has 1 aromatic heterocycles. The van der Waals surface area contributed by atoms with Crippen LogP contribution in [0, 0.1) is 0 Å². The number of allylic oxidation sites excluding steroid dienone is 1. The highest BCUT2D eigenvalue weighted by Crippen LogP contribution is 2.26. The van der Waals surface area contributed by atoms with E-state index in [1.165, 1.54) is 7.11 Å². The van der Waals surface area contributed by atoms with Crippen LogP contribution in [0.2, 0.25) is 0 Å². The molecule has 138 valence electrons. The van der Waals surface area contributed by atoms with E-state index in [1.807, 2.05) is 24.3 Å². The first-order chi connectivity index (χ1) is 12.6. The predicted octanol–water partition coefficient (Wildman–Crippen LogP) is 2.04. The maximum Gasteiger partial charge on any atom is 0.323 e. The second-order valence-corrected chi connectivity index (χ2v) is 6.12. The number of nitrogens with one attached hydrogen (secondary N) is 1. The van der Waals surface area contributed by atoms with E-state index in [2.05, 4.69) is 16.9 Å². The van der Waals surface area contributed by atoms with Gasteiger partial charge in [0.15, 0.2) is 0 Å². The van der Waals surface area contributed by atoms with Gasteiger partial charge in [-0.1, -0.05) is 6.08 Å². The Bertz CT molecular complexity index is 809. The van der Waals surface area contributed by atoms with Gasteiger partial charge in [-0.05, 0) is 25.0 Å². The Kier molecular flexibility index (Phi) is 5.68.